The molecule has 0 bridgehead atoms. The van der Waals surface area contributed by atoms with Crippen LogP contribution in [0.3, 0.4) is 0 Å². The fourth-order valence-electron chi connectivity index (χ4n) is 3.96. The number of hydrogen-bond donors (Lipinski definition) is 2. The Bertz CT molecular complexity index is 562. The van der Waals surface area contributed by atoms with Crippen molar-refractivity contribution in [2.75, 3.05) is 26.7 Å². The Labute approximate surface area is 150 Å². The molecule has 2 heterocycles. The molecule has 0 aromatic carbocycles. The van der Waals surface area contributed by atoms with E-state index in [1.54, 1.807) is 11.3 Å². The lowest BCUT2D eigenvalue weighted by molar-refractivity contribution is 0.275. The van der Waals surface area contributed by atoms with Gasteiger partial charge >= 0.3 is 0 Å². The second-order valence-corrected chi connectivity index (χ2v) is 8.49. The third-order valence-electron chi connectivity index (χ3n) is 5.24. The zero-order chi connectivity index (χ0) is 16.9. The lowest BCUT2D eigenvalue weighted by Crippen LogP contribution is -2.44. The molecule has 1 aliphatic heterocycles. The van der Waals surface area contributed by atoms with Gasteiger partial charge in [-0.25, -0.2) is 4.98 Å². The van der Waals surface area contributed by atoms with Gasteiger partial charge in [-0.3, -0.25) is 4.99 Å². The molecule has 24 heavy (non-hydrogen) atoms. The molecular formula is C18H31N5S. The van der Waals surface area contributed by atoms with Crippen molar-refractivity contribution >= 4 is 17.3 Å². The van der Waals surface area contributed by atoms with E-state index in [2.05, 4.69) is 39.4 Å². The van der Waals surface area contributed by atoms with Crippen LogP contribution in [-0.4, -0.2) is 48.6 Å². The largest absolute Gasteiger partial charge is 0.352 e. The third-order valence-corrected chi connectivity index (χ3v) is 6.32. The van der Waals surface area contributed by atoms with Crippen molar-refractivity contribution in [1.29, 1.82) is 0 Å². The van der Waals surface area contributed by atoms with Gasteiger partial charge < -0.3 is 15.5 Å². The highest BCUT2D eigenvalue weighted by atomic mass is 32.1. The summed E-state index contributed by atoms with van der Waals surface area (Å²) in [7, 11) is 1.85. The fourth-order valence-corrected chi connectivity index (χ4v) is 4.84. The summed E-state index contributed by atoms with van der Waals surface area (Å²) in [5, 5.41) is 8.17. The summed E-state index contributed by atoms with van der Waals surface area (Å²) in [5.41, 5.74) is 1.13. The summed E-state index contributed by atoms with van der Waals surface area (Å²) >= 11 is 1.76. The molecule has 1 aromatic rings. The minimum Gasteiger partial charge on any atom is -0.352 e. The van der Waals surface area contributed by atoms with Crippen LogP contribution >= 0.6 is 11.3 Å². The lowest BCUT2D eigenvalue weighted by atomic mass is 10.1. The van der Waals surface area contributed by atoms with Crippen LogP contribution in [0.5, 0.6) is 0 Å². The smallest absolute Gasteiger partial charge is 0.191 e. The van der Waals surface area contributed by atoms with Crippen LogP contribution in [-0.2, 0) is 6.54 Å². The topological polar surface area (TPSA) is 52.6 Å². The van der Waals surface area contributed by atoms with E-state index >= 15 is 0 Å². The summed E-state index contributed by atoms with van der Waals surface area (Å²) in [5.74, 6) is 1.85. The van der Waals surface area contributed by atoms with Crippen LogP contribution in [0.2, 0.25) is 0 Å². The second kappa shape index (κ2) is 8.30. The normalized spacial score (nSPS) is 23.1. The molecule has 1 saturated carbocycles. The van der Waals surface area contributed by atoms with Gasteiger partial charge in [0, 0.05) is 37.6 Å². The number of guanidine groups is 1. The van der Waals surface area contributed by atoms with Crippen molar-refractivity contribution in [3.8, 4) is 0 Å². The SMILES string of the molecule is CN=C(NCc1sc(C)nc1C)NC1CCN(CC2CCCC2)C1. The van der Waals surface area contributed by atoms with Gasteiger partial charge in [0.05, 0.1) is 17.2 Å². The zero-order valence-corrected chi connectivity index (χ0v) is 16.1. The van der Waals surface area contributed by atoms with E-state index in [1.807, 2.05) is 7.05 Å². The first-order valence-corrected chi connectivity index (χ1v) is 10.1. The quantitative estimate of drug-likeness (QED) is 0.634. The van der Waals surface area contributed by atoms with Crippen molar-refractivity contribution in [1.82, 2.24) is 20.5 Å². The molecule has 2 N–H and O–H groups in total. The second-order valence-electron chi connectivity index (χ2n) is 7.21. The van der Waals surface area contributed by atoms with Crippen LogP contribution in [0, 0.1) is 19.8 Å². The molecule has 3 rings (SSSR count). The standard InChI is InChI=1S/C18H31N5S/c1-13-17(24-14(2)21-13)10-20-18(19-3)22-16-8-9-23(12-16)11-15-6-4-5-7-15/h15-16H,4-12H2,1-3H3,(H2,19,20,22). The first-order valence-electron chi connectivity index (χ1n) is 9.26. The van der Waals surface area contributed by atoms with Crippen molar-refractivity contribution < 1.29 is 0 Å². The Kier molecular flexibility index (Phi) is 6.11. The molecule has 6 heteroatoms. The monoisotopic (exact) mass is 349 g/mol. The van der Waals surface area contributed by atoms with Crippen molar-refractivity contribution in [3.63, 3.8) is 0 Å². The van der Waals surface area contributed by atoms with Gasteiger partial charge in [0.2, 0.25) is 0 Å². The van der Waals surface area contributed by atoms with Gasteiger partial charge in [-0.15, -0.1) is 11.3 Å². The van der Waals surface area contributed by atoms with E-state index in [0.29, 0.717) is 6.04 Å². The number of aromatic nitrogens is 1. The van der Waals surface area contributed by atoms with E-state index in [1.165, 1.54) is 50.1 Å². The molecule has 1 aliphatic carbocycles. The number of hydrogen-bond acceptors (Lipinski definition) is 4. The average molecular weight is 350 g/mol. The van der Waals surface area contributed by atoms with Crippen LogP contribution in [0.1, 0.15) is 47.7 Å². The summed E-state index contributed by atoms with van der Waals surface area (Å²) in [4.78, 5) is 12.8. The molecular weight excluding hydrogens is 318 g/mol. The predicted molar refractivity (Wildman–Crippen MR) is 102 cm³/mol. The van der Waals surface area contributed by atoms with Gasteiger partial charge in [0.15, 0.2) is 5.96 Å². The van der Waals surface area contributed by atoms with E-state index in [-0.39, 0.29) is 0 Å². The maximum Gasteiger partial charge on any atom is 0.191 e. The molecule has 1 atom stereocenters. The lowest BCUT2D eigenvalue weighted by Gasteiger charge is -2.21. The highest BCUT2D eigenvalue weighted by Crippen LogP contribution is 2.26. The minimum absolute atomic E-state index is 0.516. The molecule has 5 nitrogen and oxygen atoms in total. The maximum atomic E-state index is 4.49. The van der Waals surface area contributed by atoms with Gasteiger partial charge in [-0.2, -0.15) is 0 Å². The highest BCUT2D eigenvalue weighted by molar-refractivity contribution is 7.11. The molecule has 0 radical (unpaired) electrons. The number of nitrogens with zero attached hydrogens (tertiary/aromatic N) is 3. The number of aliphatic imine (C=N–C) groups is 1. The summed E-state index contributed by atoms with van der Waals surface area (Å²) < 4.78 is 0. The van der Waals surface area contributed by atoms with Crippen LogP contribution in [0.25, 0.3) is 0 Å². The highest BCUT2D eigenvalue weighted by Gasteiger charge is 2.26. The van der Waals surface area contributed by atoms with Crippen molar-refractivity contribution in [2.45, 2.75) is 58.5 Å². The predicted octanol–water partition coefficient (Wildman–Crippen LogP) is 2.69. The van der Waals surface area contributed by atoms with Crippen LogP contribution in [0.4, 0.5) is 0 Å². The zero-order valence-electron chi connectivity index (χ0n) is 15.3. The van der Waals surface area contributed by atoms with Crippen LogP contribution in [0.15, 0.2) is 4.99 Å². The third kappa shape index (κ3) is 4.70. The maximum absolute atomic E-state index is 4.49. The molecule has 1 unspecified atom stereocenters. The Morgan fingerprint density at radius 3 is 2.75 bits per heavy atom. The minimum atomic E-state index is 0.516. The van der Waals surface area contributed by atoms with Gasteiger partial charge in [0.1, 0.15) is 0 Å². The molecule has 2 fully saturated rings. The van der Waals surface area contributed by atoms with E-state index in [9.17, 15) is 0 Å². The fraction of sp³-hybridized carbons (Fsp3) is 0.778. The number of nitrogens with one attached hydrogen (secondary N) is 2. The first kappa shape index (κ1) is 17.7. The van der Waals surface area contributed by atoms with Crippen LogP contribution < -0.4 is 10.6 Å². The molecule has 2 aliphatic rings. The Balaban J connectivity index is 1.43. The van der Waals surface area contributed by atoms with E-state index < -0.39 is 0 Å². The molecule has 1 saturated heterocycles. The van der Waals surface area contributed by atoms with Crippen molar-refractivity contribution in [2.24, 2.45) is 10.9 Å². The molecule has 134 valence electrons. The first-order chi connectivity index (χ1) is 11.6. The molecule has 0 spiro atoms. The summed E-state index contributed by atoms with van der Waals surface area (Å²) in [6.45, 7) is 8.60. The number of thiazole rings is 1. The Morgan fingerprint density at radius 1 is 1.29 bits per heavy atom. The van der Waals surface area contributed by atoms with Crippen molar-refractivity contribution in [3.05, 3.63) is 15.6 Å². The summed E-state index contributed by atoms with van der Waals surface area (Å²) in [6, 6.07) is 0.516. The number of likely N-dealkylation sites (tertiary alicyclic amines) is 1. The van der Waals surface area contributed by atoms with Gasteiger partial charge in [-0.1, -0.05) is 12.8 Å². The molecule has 0 amide bonds. The Morgan fingerprint density at radius 2 is 2.08 bits per heavy atom. The molecule has 1 aromatic heterocycles. The van der Waals surface area contributed by atoms with E-state index in [4.69, 9.17) is 0 Å². The van der Waals surface area contributed by atoms with E-state index in [0.717, 1.165) is 35.7 Å². The number of rotatable bonds is 5. The summed E-state index contributed by atoms with van der Waals surface area (Å²) in [6.07, 6.45) is 6.96. The average Bonchev–Trinajstić information content (AvgIpc) is 3.27. The Hall–Kier alpha value is -1.14. The van der Waals surface area contributed by atoms with Gasteiger partial charge in [0.25, 0.3) is 0 Å². The van der Waals surface area contributed by atoms with Gasteiger partial charge in [-0.05, 0) is 39.0 Å². The number of aryl methyl sites for hydroxylation is 2.